The molecule has 0 saturated heterocycles. The minimum atomic E-state index is -0.822. The summed E-state index contributed by atoms with van der Waals surface area (Å²) in [6, 6.07) is 13.6. The smallest absolute Gasteiger partial charge is 0.303 e. The second kappa shape index (κ2) is 7.74. The molecule has 6 heteroatoms. The maximum atomic E-state index is 10.8. The highest BCUT2D eigenvalue weighted by Crippen LogP contribution is 2.25. The number of nitrogens with one attached hydrogen (secondary N) is 1. The maximum Gasteiger partial charge on any atom is 0.303 e. The molecule has 0 spiro atoms. The molecule has 6 nitrogen and oxygen atoms in total. The van der Waals surface area contributed by atoms with Gasteiger partial charge in [0.25, 0.3) is 0 Å². The Kier molecular flexibility index (Phi) is 5.22. The minimum Gasteiger partial charge on any atom is -0.481 e. The topological polar surface area (TPSA) is 88.0 Å². The molecule has 26 heavy (non-hydrogen) atoms. The molecule has 0 unspecified atom stereocenters. The van der Waals surface area contributed by atoms with E-state index in [0.29, 0.717) is 12.4 Å². The van der Waals surface area contributed by atoms with Crippen LogP contribution in [-0.2, 0) is 11.2 Å². The van der Waals surface area contributed by atoms with E-state index in [1.807, 2.05) is 56.3 Å². The SMILES string of the molecule is Cc1cc(Nc2nccc(C)n2)cc(-c2cccc(CCC(=O)O)n2)c1. The molecule has 132 valence electrons. The molecule has 0 bridgehead atoms. The minimum absolute atomic E-state index is 0.0712. The van der Waals surface area contributed by atoms with E-state index in [4.69, 9.17) is 5.11 Å². The standard InChI is InChI=1S/C20H20N4O2/c1-13-10-15(18-5-3-4-16(23-18)6-7-19(25)26)12-17(11-13)24-20-21-9-8-14(2)22-20/h3-5,8-12H,6-7H2,1-2H3,(H,25,26)(H,21,22,24). The Labute approximate surface area is 152 Å². The van der Waals surface area contributed by atoms with E-state index in [9.17, 15) is 4.79 Å². The van der Waals surface area contributed by atoms with E-state index in [2.05, 4.69) is 20.3 Å². The van der Waals surface area contributed by atoms with Crippen molar-refractivity contribution in [1.82, 2.24) is 15.0 Å². The molecule has 0 aliphatic rings. The normalized spacial score (nSPS) is 10.5. The number of hydrogen-bond donors (Lipinski definition) is 2. The molecule has 0 atom stereocenters. The lowest BCUT2D eigenvalue weighted by Crippen LogP contribution is -2.00. The molecule has 1 aromatic carbocycles. The Morgan fingerprint density at radius 2 is 1.96 bits per heavy atom. The van der Waals surface area contributed by atoms with E-state index in [1.165, 1.54) is 0 Å². The highest BCUT2D eigenvalue weighted by Gasteiger charge is 2.07. The zero-order valence-corrected chi connectivity index (χ0v) is 14.7. The lowest BCUT2D eigenvalue weighted by molar-refractivity contribution is -0.136. The Balaban J connectivity index is 1.87. The lowest BCUT2D eigenvalue weighted by atomic mass is 10.1. The van der Waals surface area contributed by atoms with Crippen LogP contribution in [0.5, 0.6) is 0 Å². The van der Waals surface area contributed by atoms with Crippen molar-refractivity contribution in [2.24, 2.45) is 0 Å². The number of rotatable bonds is 6. The van der Waals surface area contributed by atoms with Gasteiger partial charge in [0.2, 0.25) is 5.95 Å². The molecule has 3 rings (SSSR count). The molecule has 3 aromatic rings. The molecule has 0 radical (unpaired) electrons. The van der Waals surface area contributed by atoms with Gasteiger partial charge in [0.05, 0.1) is 12.1 Å². The number of benzene rings is 1. The summed E-state index contributed by atoms with van der Waals surface area (Å²) in [5.74, 6) is -0.276. The second-order valence-corrected chi connectivity index (χ2v) is 6.14. The molecule has 2 heterocycles. The molecule has 2 N–H and O–H groups in total. The van der Waals surface area contributed by atoms with Crippen molar-refractivity contribution in [3.63, 3.8) is 0 Å². The van der Waals surface area contributed by atoms with Gasteiger partial charge in [-0.15, -0.1) is 0 Å². The third kappa shape index (κ3) is 4.63. The van der Waals surface area contributed by atoms with Gasteiger partial charge >= 0.3 is 5.97 Å². The van der Waals surface area contributed by atoms with Crippen LogP contribution in [0.1, 0.15) is 23.4 Å². The average molecular weight is 348 g/mol. The quantitative estimate of drug-likeness (QED) is 0.702. The molecule has 0 amide bonds. The fraction of sp³-hybridized carbons (Fsp3) is 0.200. The molecule has 0 saturated carbocycles. The number of aryl methyl sites for hydroxylation is 3. The van der Waals surface area contributed by atoms with Gasteiger partial charge in [0, 0.05) is 35.3 Å². The summed E-state index contributed by atoms with van der Waals surface area (Å²) in [5, 5.41) is 12.1. The molecular formula is C20H20N4O2. The number of hydrogen-bond acceptors (Lipinski definition) is 5. The van der Waals surface area contributed by atoms with Gasteiger partial charge in [0.15, 0.2) is 0 Å². The van der Waals surface area contributed by atoms with Gasteiger partial charge in [-0.05, 0) is 55.8 Å². The lowest BCUT2D eigenvalue weighted by Gasteiger charge is -2.10. The van der Waals surface area contributed by atoms with Crippen LogP contribution < -0.4 is 5.32 Å². The van der Waals surface area contributed by atoms with Crippen molar-refractivity contribution < 1.29 is 9.90 Å². The Hall–Kier alpha value is -3.28. The summed E-state index contributed by atoms with van der Waals surface area (Å²) in [6.45, 7) is 3.93. The first-order valence-electron chi connectivity index (χ1n) is 8.36. The highest BCUT2D eigenvalue weighted by molar-refractivity contribution is 5.69. The molecule has 0 aliphatic carbocycles. The number of aliphatic carboxylic acids is 1. The first-order chi connectivity index (χ1) is 12.5. The fourth-order valence-corrected chi connectivity index (χ4v) is 2.66. The third-order valence-corrected chi connectivity index (χ3v) is 3.83. The van der Waals surface area contributed by atoms with Gasteiger partial charge in [-0.2, -0.15) is 0 Å². The summed E-state index contributed by atoms with van der Waals surface area (Å²) in [6.07, 6.45) is 2.20. The molecule has 2 aromatic heterocycles. The van der Waals surface area contributed by atoms with Crippen molar-refractivity contribution in [2.45, 2.75) is 26.7 Å². The summed E-state index contributed by atoms with van der Waals surface area (Å²) in [5.41, 5.74) is 5.38. The largest absolute Gasteiger partial charge is 0.481 e. The van der Waals surface area contributed by atoms with Crippen molar-refractivity contribution in [1.29, 1.82) is 0 Å². The first-order valence-corrected chi connectivity index (χ1v) is 8.36. The predicted octanol–water partition coefficient (Wildman–Crippen LogP) is 3.92. The van der Waals surface area contributed by atoms with E-state index in [-0.39, 0.29) is 6.42 Å². The number of carboxylic acid groups (broad SMARTS) is 1. The van der Waals surface area contributed by atoms with Crippen LogP contribution in [0.4, 0.5) is 11.6 Å². The van der Waals surface area contributed by atoms with Crippen LogP contribution in [0.15, 0.2) is 48.7 Å². The zero-order valence-electron chi connectivity index (χ0n) is 14.7. The van der Waals surface area contributed by atoms with E-state index in [1.54, 1.807) is 6.20 Å². The number of carboxylic acids is 1. The summed E-state index contributed by atoms with van der Waals surface area (Å²) < 4.78 is 0. The average Bonchev–Trinajstić information content (AvgIpc) is 2.60. The Bertz CT molecular complexity index is 941. The monoisotopic (exact) mass is 348 g/mol. The van der Waals surface area contributed by atoms with Crippen molar-refractivity contribution in [3.05, 3.63) is 65.6 Å². The van der Waals surface area contributed by atoms with Gasteiger partial charge in [-0.25, -0.2) is 9.97 Å². The van der Waals surface area contributed by atoms with Crippen molar-refractivity contribution in [3.8, 4) is 11.3 Å². The van der Waals surface area contributed by atoms with Crippen molar-refractivity contribution >= 4 is 17.6 Å². The second-order valence-electron chi connectivity index (χ2n) is 6.14. The summed E-state index contributed by atoms with van der Waals surface area (Å²) >= 11 is 0. The van der Waals surface area contributed by atoms with Crippen LogP contribution in [0.3, 0.4) is 0 Å². The summed E-state index contributed by atoms with van der Waals surface area (Å²) in [4.78, 5) is 24.0. The van der Waals surface area contributed by atoms with Crippen LogP contribution >= 0.6 is 0 Å². The van der Waals surface area contributed by atoms with Crippen molar-refractivity contribution in [2.75, 3.05) is 5.32 Å². The number of anilines is 2. The first kappa shape index (κ1) is 17.5. The summed E-state index contributed by atoms with van der Waals surface area (Å²) in [7, 11) is 0. The van der Waals surface area contributed by atoms with Gasteiger partial charge in [-0.3, -0.25) is 9.78 Å². The maximum absolute atomic E-state index is 10.8. The Morgan fingerprint density at radius 1 is 1.12 bits per heavy atom. The Morgan fingerprint density at radius 3 is 2.73 bits per heavy atom. The molecule has 0 fully saturated rings. The van der Waals surface area contributed by atoms with E-state index < -0.39 is 5.97 Å². The van der Waals surface area contributed by atoms with Crippen LogP contribution in [0.25, 0.3) is 11.3 Å². The molecular weight excluding hydrogens is 328 g/mol. The van der Waals surface area contributed by atoms with Gasteiger partial charge in [0.1, 0.15) is 0 Å². The van der Waals surface area contributed by atoms with Crippen LogP contribution in [0, 0.1) is 13.8 Å². The number of aromatic nitrogens is 3. The van der Waals surface area contributed by atoms with Gasteiger partial charge in [-0.1, -0.05) is 6.07 Å². The number of pyridine rings is 1. The predicted molar refractivity (Wildman–Crippen MR) is 100 cm³/mol. The zero-order chi connectivity index (χ0) is 18.5. The van der Waals surface area contributed by atoms with Gasteiger partial charge < -0.3 is 10.4 Å². The third-order valence-electron chi connectivity index (χ3n) is 3.83. The number of carbonyl (C=O) groups is 1. The van der Waals surface area contributed by atoms with Crippen LogP contribution in [-0.4, -0.2) is 26.0 Å². The molecule has 0 aliphatic heterocycles. The highest BCUT2D eigenvalue weighted by atomic mass is 16.4. The fourth-order valence-electron chi connectivity index (χ4n) is 2.66. The van der Waals surface area contributed by atoms with E-state index >= 15 is 0 Å². The van der Waals surface area contributed by atoms with E-state index in [0.717, 1.165) is 33.9 Å². The number of nitrogens with zero attached hydrogens (tertiary/aromatic N) is 3. The van der Waals surface area contributed by atoms with Crippen LogP contribution in [0.2, 0.25) is 0 Å².